The van der Waals surface area contributed by atoms with Crippen LogP contribution in [0.15, 0.2) is 18.2 Å². The lowest BCUT2D eigenvalue weighted by atomic mass is 9.75. The van der Waals surface area contributed by atoms with Crippen LogP contribution in [0.3, 0.4) is 0 Å². The highest BCUT2D eigenvalue weighted by molar-refractivity contribution is 6.31. The Labute approximate surface area is 124 Å². The van der Waals surface area contributed by atoms with E-state index in [0.29, 0.717) is 16.5 Å². The average Bonchev–Trinajstić information content (AvgIpc) is 2.42. The molecule has 2 atom stereocenters. The Morgan fingerprint density at radius 1 is 1.55 bits per heavy atom. The maximum absolute atomic E-state index is 13.3. The molecule has 0 aliphatic heterocycles. The van der Waals surface area contributed by atoms with Gasteiger partial charge in [0.2, 0.25) is 0 Å². The smallest absolute Gasteiger partial charge is 0.169 e. The van der Waals surface area contributed by atoms with Crippen molar-refractivity contribution in [2.45, 2.75) is 44.6 Å². The Morgan fingerprint density at radius 2 is 2.30 bits per heavy atom. The molecule has 0 heterocycles. The fourth-order valence-electron chi connectivity index (χ4n) is 3.07. The van der Waals surface area contributed by atoms with Gasteiger partial charge in [0.05, 0.1) is 0 Å². The summed E-state index contributed by atoms with van der Waals surface area (Å²) in [5.41, 5.74) is -0.195. The van der Waals surface area contributed by atoms with Crippen LogP contribution in [0, 0.1) is 11.7 Å². The second-order valence-electron chi connectivity index (χ2n) is 5.74. The molecule has 2 rings (SSSR count). The summed E-state index contributed by atoms with van der Waals surface area (Å²) in [6, 6.07) is 4.11. The number of carbonyl (C=O) groups excluding carboxylic acids is 1. The second-order valence-corrected chi connectivity index (χ2v) is 6.14. The number of hydrogen-bond donors (Lipinski definition) is 0. The first-order valence-electron chi connectivity index (χ1n) is 6.99. The summed E-state index contributed by atoms with van der Waals surface area (Å²) in [5, 5.41) is 0.426. The van der Waals surface area contributed by atoms with Crippen LogP contribution < -0.4 is 0 Å². The minimum absolute atomic E-state index is 0.000880. The summed E-state index contributed by atoms with van der Waals surface area (Å²) in [6.45, 7) is 2.13. The summed E-state index contributed by atoms with van der Waals surface area (Å²) < 4.78 is 18.8. The summed E-state index contributed by atoms with van der Waals surface area (Å²) in [7, 11) is 1.59. The minimum Gasteiger partial charge on any atom is -0.370 e. The first-order chi connectivity index (χ1) is 9.47. The third-order valence-corrected chi connectivity index (χ3v) is 4.58. The predicted molar refractivity (Wildman–Crippen MR) is 77.5 cm³/mol. The van der Waals surface area contributed by atoms with Crippen LogP contribution in [0.5, 0.6) is 0 Å². The molecule has 1 aliphatic carbocycles. The minimum atomic E-state index is -0.729. The molecule has 0 amide bonds. The highest BCUT2D eigenvalue weighted by Gasteiger charge is 2.41. The average molecular weight is 299 g/mol. The summed E-state index contributed by atoms with van der Waals surface area (Å²) >= 11 is 6.04. The Kier molecular flexibility index (Phi) is 4.82. The Bertz CT molecular complexity index is 503. The summed E-state index contributed by atoms with van der Waals surface area (Å²) in [4.78, 5) is 12.6. The standard InChI is InChI=1S/C16H20ClFO2/c1-11-4-3-7-16(10-11,20-2)15(19)9-12-8-13(18)5-6-14(12)17/h5-6,8,11H,3-4,7,9-10H2,1-2H3. The Hall–Kier alpha value is -0.930. The van der Waals surface area contributed by atoms with Crippen molar-refractivity contribution in [3.05, 3.63) is 34.6 Å². The number of Topliss-reactive ketones (excluding diaryl/α,β-unsaturated/α-hetero) is 1. The van der Waals surface area contributed by atoms with Crippen molar-refractivity contribution in [1.82, 2.24) is 0 Å². The molecule has 4 heteroatoms. The molecule has 110 valence electrons. The van der Waals surface area contributed by atoms with Crippen LogP contribution in [-0.2, 0) is 16.0 Å². The normalized spacial score (nSPS) is 26.5. The van der Waals surface area contributed by atoms with Crippen LogP contribution in [0.4, 0.5) is 4.39 Å². The molecule has 0 bridgehead atoms. The predicted octanol–water partition coefficient (Wildman–Crippen LogP) is 4.19. The number of benzene rings is 1. The third-order valence-electron chi connectivity index (χ3n) is 4.21. The van der Waals surface area contributed by atoms with Gasteiger partial charge < -0.3 is 4.74 Å². The van der Waals surface area contributed by atoms with Crippen molar-refractivity contribution < 1.29 is 13.9 Å². The highest BCUT2D eigenvalue weighted by atomic mass is 35.5. The zero-order valence-electron chi connectivity index (χ0n) is 11.9. The first kappa shape index (κ1) is 15.5. The fourth-order valence-corrected chi connectivity index (χ4v) is 3.25. The first-order valence-corrected chi connectivity index (χ1v) is 7.37. The van der Waals surface area contributed by atoms with E-state index < -0.39 is 5.60 Å². The molecule has 20 heavy (non-hydrogen) atoms. The zero-order valence-corrected chi connectivity index (χ0v) is 12.7. The number of hydrogen-bond acceptors (Lipinski definition) is 2. The molecule has 2 unspecified atom stereocenters. The lowest BCUT2D eigenvalue weighted by molar-refractivity contribution is -0.146. The quantitative estimate of drug-likeness (QED) is 0.833. The van der Waals surface area contributed by atoms with Crippen molar-refractivity contribution in [1.29, 1.82) is 0 Å². The van der Waals surface area contributed by atoms with E-state index in [9.17, 15) is 9.18 Å². The van der Waals surface area contributed by atoms with Crippen LogP contribution in [0.2, 0.25) is 5.02 Å². The van der Waals surface area contributed by atoms with Gasteiger partial charge >= 0.3 is 0 Å². The molecule has 1 aromatic rings. The molecule has 1 aliphatic rings. The molecule has 1 fully saturated rings. The topological polar surface area (TPSA) is 26.3 Å². The molecule has 0 aromatic heterocycles. The fraction of sp³-hybridized carbons (Fsp3) is 0.562. The summed E-state index contributed by atoms with van der Waals surface area (Å²) in [5.74, 6) is 0.0929. The van der Waals surface area contributed by atoms with Crippen molar-refractivity contribution in [3.8, 4) is 0 Å². The van der Waals surface area contributed by atoms with Crippen molar-refractivity contribution in [3.63, 3.8) is 0 Å². The SMILES string of the molecule is COC1(C(=O)Cc2cc(F)ccc2Cl)CCCC(C)C1. The van der Waals surface area contributed by atoms with E-state index >= 15 is 0 Å². The molecule has 1 aromatic carbocycles. The maximum atomic E-state index is 13.3. The van der Waals surface area contributed by atoms with Crippen LogP contribution in [-0.4, -0.2) is 18.5 Å². The molecule has 0 radical (unpaired) electrons. The third kappa shape index (κ3) is 3.21. The molecule has 0 N–H and O–H groups in total. The highest BCUT2D eigenvalue weighted by Crippen LogP contribution is 2.36. The Balaban J connectivity index is 2.19. The van der Waals surface area contributed by atoms with E-state index in [-0.39, 0.29) is 18.0 Å². The maximum Gasteiger partial charge on any atom is 0.169 e. The molecular weight excluding hydrogens is 279 g/mol. The van der Waals surface area contributed by atoms with Crippen LogP contribution in [0.1, 0.15) is 38.2 Å². The van der Waals surface area contributed by atoms with Gasteiger partial charge in [-0.15, -0.1) is 0 Å². The second kappa shape index (κ2) is 6.23. The van der Waals surface area contributed by atoms with E-state index in [4.69, 9.17) is 16.3 Å². The van der Waals surface area contributed by atoms with Gasteiger partial charge in [0.15, 0.2) is 5.78 Å². The van der Waals surface area contributed by atoms with Crippen molar-refractivity contribution >= 4 is 17.4 Å². The van der Waals surface area contributed by atoms with Gasteiger partial charge in [-0.2, -0.15) is 0 Å². The van der Waals surface area contributed by atoms with Crippen molar-refractivity contribution in [2.24, 2.45) is 5.92 Å². The van der Waals surface area contributed by atoms with Crippen LogP contribution >= 0.6 is 11.6 Å². The number of halogens is 2. The summed E-state index contributed by atoms with van der Waals surface area (Å²) in [6.07, 6.45) is 3.70. The molecular formula is C16H20ClFO2. The lowest BCUT2D eigenvalue weighted by Gasteiger charge is -2.37. The van der Waals surface area contributed by atoms with E-state index in [2.05, 4.69) is 6.92 Å². The lowest BCUT2D eigenvalue weighted by Crippen LogP contribution is -2.45. The molecule has 1 saturated carbocycles. The monoisotopic (exact) mass is 298 g/mol. The number of carbonyl (C=O) groups is 1. The van der Waals surface area contributed by atoms with Gasteiger partial charge in [-0.05, 0) is 48.9 Å². The zero-order chi connectivity index (χ0) is 14.8. The van der Waals surface area contributed by atoms with Gasteiger partial charge in [-0.25, -0.2) is 4.39 Å². The Morgan fingerprint density at radius 3 is 2.95 bits per heavy atom. The van der Waals surface area contributed by atoms with Crippen molar-refractivity contribution in [2.75, 3.05) is 7.11 Å². The number of rotatable bonds is 4. The number of ether oxygens (including phenoxy) is 1. The van der Waals surface area contributed by atoms with Gasteiger partial charge in [-0.1, -0.05) is 24.9 Å². The van der Waals surface area contributed by atoms with Gasteiger partial charge in [-0.3, -0.25) is 4.79 Å². The van der Waals surface area contributed by atoms with Gasteiger partial charge in [0, 0.05) is 18.6 Å². The van der Waals surface area contributed by atoms with Gasteiger partial charge in [0.25, 0.3) is 0 Å². The molecule has 2 nitrogen and oxygen atoms in total. The van der Waals surface area contributed by atoms with E-state index in [1.54, 1.807) is 7.11 Å². The molecule has 0 spiro atoms. The number of ketones is 1. The van der Waals surface area contributed by atoms with Crippen LogP contribution in [0.25, 0.3) is 0 Å². The van der Waals surface area contributed by atoms with E-state index in [1.165, 1.54) is 18.2 Å². The van der Waals surface area contributed by atoms with Gasteiger partial charge in [0.1, 0.15) is 11.4 Å². The largest absolute Gasteiger partial charge is 0.370 e. The van der Waals surface area contributed by atoms with E-state index in [1.807, 2.05) is 0 Å². The number of methoxy groups -OCH3 is 1. The van der Waals surface area contributed by atoms with E-state index in [0.717, 1.165) is 25.7 Å². The molecule has 0 saturated heterocycles.